The van der Waals surface area contributed by atoms with E-state index in [9.17, 15) is 19.8 Å². The molecular formula is C77H149NO5. The van der Waals surface area contributed by atoms with Crippen LogP contribution in [0.5, 0.6) is 0 Å². The number of unbranched alkanes of at least 4 members (excludes halogenated alkanes) is 59. The zero-order valence-electron chi connectivity index (χ0n) is 56.5. The zero-order chi connectivity index (χ0) is 59.9. The van der Waals surface area contributed by atoms with Crippen molar-refractivity contribution in [3.63, 3.8) is 0 Å². The molecule has 0 aromatic heterocycles. The van der Waals surface area contributed by atoms with Gasteiger partial charge in [-0.3, -0.25) is 9.59 Å². The summed E-state index contributed by atoms with van der Waals surface area (Å²) in [6.07, 6.45) is 93.0. The molecule has 0 aliphatic rings. The van der Waals surface area contributed by atoms with E-state index in [2.05, 4.69) is 31.3 Å². The Morgan fingerprint density at radius 1 is 0.325 bits per heavy atom. The molecule has 0 aliphatic carbocycles. The monoisotopic (exact) mass is 1170 g/mol. The first kappa shape index (κ1) is 81.3. The first-order valence-corrected chi connectivity index (χ1v) is 38.1. The lowest BCUT2D eigenvalue weighted by atomic mass is 10.0. The number of carbonyl (C=O) groups excluding carboxylic acids is 2. The van der Waals surface area contributed by atoms with E-state index in [0.29, 0.717) is 19.4 Å². The van der Waals surface area contributed by atoms with E-state index >= 15 is 0 Å². The first-order valence-electron chi connectivity index (χ1n) is 38.1. The minimum Gasteiger partial charge on any atom is -0.466 e. The number of allylic oxidation sites excluding steroid dienone is 3. The van der Waals surface area contributed by atoms with Gasteiger partial charge in [-0.2, -0.15) is 0 Å². The maximum absolute atomic E-state index is 12.5. The molecule has 0 saturated heterocycles. The van der Waals surface area contributed by atoms with Crippen LogP contribution in [0.4, 0.5) is 0 Å². The highest BCUT2D eigenvalue weighted by atomic mass is 16.5. The number of nitrogens with one attached hydrogen (secondary N) is 1. The quantitative estimate of drug-likeness (QED) is 0.0320. The first-order chi connectivity index (χ1) is 41.0. The van der Waals surface area contributed by atoms with E-state index in [1.54, 1.807) is 6.08 Å². The molecule has 3 N–H and O–H groups in total. The number of ether oxygens (including phenoxy) is 1. The van der Waals surface area contributed by atoms with Crippen molar-refractivity contribution in [2.75, 3.05) is 13.2 Å². The van der Waals surface area contributed by atoms with Crippen LogP contribution in [0, 0.1) is 0 Å². The summed E-state index contributed by atoms with van der Waals surface area (Å²) in [6.45, 7) is 4.95. The van der Waals surface area contributed by atoms with Gasteiger partial charge in [0, 0.05) is 12.8 Å². The number of carbonyl (C=O) groups is 2. The van der Waals surface area contributed by atoms with Gasteiger partial charge in [-0.1, -0.05) is 385 Å². The fraction of sp³-hybridized carbons (Fsp3) is 0.922. The predicted octanol–water partition coefficient (Wildman–Crippen LogP) is 24.9. The zero-order valence-corrected chi connectivity index (χ0v) is 56.5. The molecule has 0 bridgehead atoms. The molecule has 0 radical (unpaired) electrons. The van der Waals surface area contributed by atoms with Gasteiger partial charge in [0.15, 0.2) is 0 Å². The third-order valence-electron chi connectivity index (χ3n) is 18.0. The smallest absolute Gasteiger partial charge is 0.305 e. The molecule has 1 amide bonds. The lowest BCUT2D eigenvalue weighted by molar-refractivity contribution is -0.143. The Balaban J connectivity index is 3.34. The largest absolute Gasteiger partial charge is 0.466 e. The maximum Gasteiger partial charge on any atom is 0.305 e. The fourth-order valence-corrected chi connectivity index (χ4v) is 12.2. The van der Waals surface area contributed by atoms with Crippen LogP contribution in [0.1, 0.15) is 431 Å². The fourth-order valence-electron chi connectivity index (χ4n) is 12.2. The van der Waals surface area contributed by atoms with Gasteiger partial charge < -0.3 is 20.3 Å². The minimum absolute atomic E-state index is 0.0226. The second kappa shape index (κ2) is 72.8. The number of aliphatic hydroxyl groups is 2. The number of amides is 1. The molecule has 0 aliphatic heterocycles. The van der Waals surface area contributed by atoms with Crippen LogP contribution >= 0.6 is 0 Å². The van der Waals surface area contributed by atoms with Gasteiger partial charge in [-0.25, -0.2) is 0 Å². The molecule has 2 unspecified atom stereocenters. The Labute approximate surface area is 520 Å². The molecule has 6 heteroatoms. The van der Waals surface area contributed by atoms with Gasteiger partial charge in [0.25, 0.3) is 0 Å². The summed E-state index contributed by atoms with van der Waals surface area (Å²) in [5.74, 6) is -0.0377. The molecule has 6 nitrogen and oxygen atoms in total. The van der Waals surface area contributed by atoms with Crippen LogP contribution in [0.25, 0.3) is 0 Å². The second-order valence-electron chi connectivity index (χ2n) is 26.3. The van der Waals surface area contributed by atoms with E-state index in [4.69, 9.17) is 4.74 Å². The molecule has 0 saturated carbocycles. The second-order valence-corrected chi connectivity index (χ2v) is 26.3. The van der Waals surface area contributed by atoms with Gasteiger partial charge >= 0.3 is 5.97 Å². The lowest BCUT2D eigenvalue weighted by Gasteiger charge is -2.20. The topological polar surface area (TPSA) is 95.9 Å². The number of hydrogen-bond donors (Lipinski definition) is 3. The predicted molar refractivity (Wildman–Crippen MR) is 366 cm³/mol. The summed E-state index contributed by atoms with van der Waals surface area (Å²) >= 11 is 0. The Bertz CT molecular complexity index is 1300. The van der Waals surface area contributed by atoms with Crippen molar-refractivity contribution in [3.8, 4) is 0 Å². The average molecular weight is 1170 g/mol. The number of esters is 1. The van der Waals surface area contributed by atoms with Gasteiger partial charge in [0.1, 0.15) is 0 Å². The summed E-state index contributed by atoms with van der Waals surface area (Å²) in [7, 11) is 0. The van der Waals surface area contributed by atoms with E-state index in [0.717, 1.165) is 38.5 Å². The molecule has 492 valence electrons. The van der Waals surface area contributed by atoms with Crippen LogP contribution in [-0.4, -0.2) is 47.4 Å². The van der Waals surface area contributed by atoms with Gasteiger partial charge in [-0.05, 0) is 57.8 Å². The van der Waals surface area contributed by atoms with Crippen molar-refractivity contribution >= 4 is 11.9 Å². The summed E-state index contributed by atoms with van der Waals surface area (Å²) in [6, 6.07) is -0.625. The van der Waals surface area contributed by atoms with Crippen LogP contribution in [0.2, 0.25) is 0 Å². The van der Waals surface area contributed by atoms with Crippen LogP contribution in [0.3, 0.4) is 0 Å². The van der Waals surface area contributed by atoms with Crippen molar-refractivity contribution in [2.24, 2.45) is 0 Å². The SMILES string of the molecule is CCCCCCCCCCCCCCCCC/C=C/C(O)C(CO)NC(=O)CCCCCCCCCCCCCCCCCCC/C=C\CCCCCCCCCCCCCCCCCCOC(=O)CCCCCCCCCCCCCC. The molecule has 0 aromatic carbocycles. The number of rotatable bonds is 72. The average Bonchev–Trinajstić information content (AvgIpc) is 3.49. The third-order valence-corrected chi connectivity index (χ3v) is 18.0. The van der Waals surface area contributed by atoms with Crippen molar-refractivity contribution in [1.82, 2.24) is 5.32 Å². The van der Waals surface area contributed by atoms with Gasteiger partial charge in [-0.15, -0.1) is 0 Å². The highest BCUT2D eigenvalue weighted by Gasteiger charge is 2.18. The highest BCUT2D eigenvalue weighted by molar-refractivity contribution is 5.76. The molecule has 2 atom stereocenters. The van der Waals surface area contributed by atoms with Crippen molar-refractivity contribution in [1.29, 1.82) is 0 Å². The normalized spacial score (nSPS) is 12.6. The van der Waals surface area contributed by atoms with Crippen molar-refractivity contribution in [3.05, 3.63) is 24.3 Å². The van der Waals surface area contributed by atoms with E-state index in [1.807, 2.05) is 6.08 Å². The third kappa shape index (κ3) is 69.3. The molecular weight excluding hydrogens is 1020 g/mol. The van der Waals surface area contributed by atoms with Crippen molar-refractivity contribution < 1.29 is 24.5 Å². The molecule has 0 spiro atoms. The number of aliphatic hydroxyl groups excluding tert-OH is 2. The summed E-state index contributed by atoms with van der Waals surface area (Å²) < 4.78 is 5.49. The van der Waals surface area contributed by atoms with Gasteiger partial charge in [0.05, 0.1) is 25.4 Å². The molecule has 0 heterocycles. The van der Waals surface area contributed by atoms with Crippen molar-refractivity contribution in [2.45, 2.75) is 443 Å². The van der Waals surface area contributed by atoms with E-state index in [-0.39, 0.29) is 18.5 Å². The number of hydrogen-bond acceptors (Lipinski definition) is 5. The minimum atomic E-state index is -0.842. The Morgan fingerprint density at radius 3 is 0.855 bits per heavy atom. The molecule has 0 rings (SSSR count). The maximum atomic E-state index is 12.5. The van der Waals surface area contributed by atoms with E-state index < -0.39 is 12.1 Å². The Hall–Kier alpha value is -1.66. The standard InChI is InChI=1S/C77H149NO5/c1-3-5-7-9-11-13-15-17-18-40-43-46-49-53-57-61-65-69-75(80)74(73-79)78-76(81)70-66-62-58-54-50-47-44-41-38-36-34-32-30-28-26-24-22-20-19-21-23-25-27-29-31-33-35-37-39-42-45-48-52-56-60-64-68-72-83-77(82)71-67-63-59-55-51-16-14-12-10-8-6-4-2/h19,21,65,69,74-75,79-80H,3-18,20,22-64,66-68,70-73H2,1-2H3,(H,78,81)/b21-19-,69-65+. The molecule has 83 heavy (non-hydrogen) atoms. The Morgan fingerprint density at radius 2 is 0.566 bits per heavy atom. The van der Waals surface area contributed by atoms with Gasteiger partial charge in [0.2, 0.25) is 5.91 Å². The van der Waals surface area contributed by atoms with Crippen LogP contribution < -0.4 is 5.32 Å². The lowest BCUT2D eigenvalue weighted by Crippen LogP contribution is -2.45. The van der Waals surface area contributed by atoms with Crippen LogP contribution in [0.15, 0.2) is 24.3 Å². The van der Waals surface area contributed by atoms with Crippen LogP contribution in [-0.2, 0) is 14.3 Å². The molecule has 0 fully saturated rings. The summed E-state index contributed by atoms with van der Waals surface area (Å²) in [5.41, 5.74) is 0. The summed E-state index contributed by atoms with van der Waals surface area (Å²) in [4.78, 5) is 24.5. The molecule has 0 aromatic rings. The highest BCUT2D eigenvalue weighted by Crippen LogP contribution is 2.19. The Kier molecular flexibility index (Phi) is 71.4. The van der Waals surface area contributed by atoms with E-state index in [1.165, 1.54) is 366 Å². The summed E-state index contributed by atoms with van der Waals surface area (Å²) in [5, 5.41) is 23.2.